The van der Waals surface area contributed by atoms with Gasteiger partial charge in [0.25, 0.3) is 15.9 Å². The molecule has 1 heterocycles. The Morgan fingerprint density at radius 3 is 2.66 bits per heavy atom. The Kier molecular flexibility index (Phi) is 6.76. The molecule has 3 rings (SSSR count). The minimum atomic E-state index is -3.78. The molecule has 156 valence electrons. The Labute approximate surface area is 171 Å². The zero-order valence-electron chi connectivity index (χ0n) is 16.6. The van der Waals surface area contributed by atoms with E-state index in [9.17, 15) is 13.2 Å². The molecule has 0 bridgehead atoms. The molecule has 2 aromatic carbocycles. The van der Waals surface area contributed by atoms with Crippen LogP contribution in [0.15, 0.2) is 53.4 Å². The van der Waals surface area contributed by atoms with Crippen molar-refractivity contribution in [3.8, 4) is 5.75 Å². The standard InChI is InChI=1S/C21H26N2O5S/c1-3-27-18-9-11-20(12-10-18)29(25,26)22-17-7-4-6-16(14-17)21(24)23(2)15-19-8-5-13-28-19/h4,6-7,9-12,14,19,22H,3,5,8,13,15H2,1-2H3. The van der Waals surface area contributed by atoms with Crippen molar-refractivity contribution in [3.05, 3.63) is 54.1 Å². The minimum Gasteiger partial charge on any atom is -0.494 e. The van der Waals surface area contributed by atoms with E-state index in [0.29, 0.717) is 30.2 Å². The normalized spacial score (nSPS) is 16.4. The van der Waals surface area contributed by atoms with Crippen LogP contribution < -0.4 is 9.46 Å². The van der Waals surface area contributed by atoms with E-state index in [1.807, 2.05) is 6.92 Å². The van der Waals surface area contributed by atoms with Crippen LogP contribution in [-0.4, -0.2) is 52.1 Å². The number of hydrogen-bond acceptors (Lipinski definition) is 5. The van der Waals surface area contributed by atoms with Crippen molar-refractivity contribution in [1.82, 2.24) is 4.90 Å². The smallest absolute Gasteiger partial charge is 0.261 e. The van der Waals surface area contributed by atoms with Gasteiger partial charge in [0.1, 0.15) is 5.75 Å². The van der Waals surface area contributed by atoms with Crippen molar-refractivity contribution < 1.29 is 22.7 Å². The van der Waals surface area contributed by atoms with Crippen molar-refractivity contribution in [3.63, 3.8) is 0 Å². The van der Waals surface area contributed by atoms with Crippen LogP contribution in [0.5, 0.6) is 5.75 Å². The predicted molar refractivity (Wildman–Crippen MR) is 111 cm³/mol. The summed E-state index contributed by atoms with van der Waals surface area (Å²) in [4.78, 5) is 14.4. The summed E-state index contributed by atoms with van der Waals surface area (Å²) in [6.07, 6.45) is 2.01. The van der Waals surface area contributed by atoms with Gasteiger partial charge in [-0.3, -0.25) is 9.52 Å². The number of anilines is 1. The molecular weight excluding hydrogens is 392 g/mol. The topological polar surface area (TPSA) is 84.9 Å². The Balaban J connectivity index is 1.70. The van der Waals surface area contributed by atoms with Crippen LogP contribution in [0.4, 0.5) is 5.69 Å². The molecule has 1 saturated heterocycles. The lowest BCUT2D eigenvalue weighted by atomic mass is 10.1. The molecule has 8 heteroatoms. The van der Waals surface area contributed by atoms with Crippen LogP contribution in [0.25, 0.3) is 0 Å². The zero-order chi connectivity index (χ0) is 20.9. The molecule has 0 aromatic heterocycles. The van der Waals surface area contributed by atoms with Crippen LogP contribution in [0.1, 0.15) is 30.1 Å². The lowest BCUT2D eigenvalue weighted by Gasteiger charge is -2.21. The molecular formula is C21H26N2O5S. The second-order valence-electron chi connectivity index (χ2n) is 6.91. The van der Waals surface area contributed by atoms with E-state index in [1.165, 1.54) is 12.1 Å². The minimum absolute atomic E-state index is 0.0605. The largest absolute Gasteiger partial charge is 0.494 e. The summed E-state index contributed by atoms with van der Waals surface area (Å²) in [5.41, 5.74) is 0.743. The van der Waals surface area contributed by atoms with E-state index in [-0.39, 0.29) is 16.9 Å². The number of benzene rings is 2. The van der Waals surface area contributed by atoms with E-state index in [2.05, 4.69) is 4.72 Å². The second-order valence-corrected chi connectivity index (χ2v) is 8.59. The van der Waals surface area contributed by atoms with E-state index in [1.54, 1.807) is 48.3 Å². The number of carbonyl (C=O) groups is 1. The number of amides is 1. The van der Waals surface area contributed by atoms with Gasteiger partial charge in [-0.25, -0.2) is 8.42 Å². The average molecular weight is 419 g/mol. The molecule has 1 atom stereocenters. The van der Waals surface area contributed by atoms with Crippen LogP contribution in [0.2, 0.25) is 0 Å². The van der Waals surface area contributed by atoms with E-state index in [4.69, 9.17) is 9.47 Å². The van der Waals surface area contributed by atoms with Gasteiger partial charge in [0.15, 0.2) is 0 Å². The average Bonchev–Trinajstić information content (AvgIpc) is 3.21. The molecule has 0 saturated carbocycles. The van der Waals surface area contributed by atoms with Crippen molar-refractivity contribution >= 4 is 21.6 Å². The Bertz CT molecular complexity index is 938. The van der Waals surface area contributed by atoms with Gasteiger partial charge in [-0.2, -0.15) is 0 Å². The molecule has 1 amide bonds. The third-order valence-electron chi connectivity index (χ3n) is 4.65. The lowest BCUT2D eigenvalue weighted by molar-refractivity contribution is 0.0587. The first-order chi connectivity index (χ1) is 13.9. The number of carbonyl (C=O) groups excluding carboxylic acids is 1. The van der Waals surface area contributed by atoms with Gasteiger partial charge in [-0.15, -0.1) is 0 Å². The third-order valence-corrected chi connectivity index (χ3v) is 6.05. The molecule has 0 spiro atoms. The van der Waals surface area contributed by atoms with Crippen LogP contribution >= 0.6 is 0 Å². The number of nitrogens with zero attached hydrogens (tertiary/aromatic N) is 1. The fourth-order valence-electron chi connectivity index (χ4n) is 3.21. The fraction of sp³-hybridized carbons (Fsp3) is 0.381. The molecule has 29 heavy (non-hydrogen) atoms. The van der Waals surface area contributed by atoms with Gasteiger partial charge in [0, 0.05) is 31.5 Å². The monoisotopic (exact) mass is 418 g/mol. The SMILES string of the molecule is CCOc1ccc(S(=O)(=O)Nc2cccc(C(=O)N(C)CC3CCCO3)c2)cc1. The maximum atomic E-state index is 12.7. The summed E-state index contributed by atoms with van der Waals surface area (Å²) in [6.45, 7) is 3.61. The second kappa shape index (κ2) is 9.28. The fourth-order valence-corrected chi connectivity index (χ4v) is 4.26. The Morgan fingerprint density at radius 2 is 2.00 bits per heavy atom. The molecule has 0 radical (unpaired) electrons. The van der Waals surface area contributed by atoms with Crippen LogP contribution in [0.3, 0.4) is 0 Å². The van der Waals surface area contributed by atoms with Gasteiger partial charge in [-0.05, 0) is 62.2 Å². The first kappa shape index (κ1) is 21.1. The van der Waals surface area contributed by atoms with Crippen molar-refractivity contribution in [1.29, 1.82) is 0 Å². The number of sulfonamides is 1. The van der Waals surface area contributed by atoms with Gasteiger partial charge in [-0.1, -0.05) is 6.07 Å². The summed E-state index contributed by atoms with van der Waals surface area (Å²) < 4.78 is 38.7. The Hall–Kier alpha value is -2.58. The maximum Gasteiger partial charge on any atom is 0.261 e. The number of ether oxygens (including phenoxy) is 2. The zero-order valence-corrected chi connectivity index (χ0v) is 17.4. The molecule has 7 nitrogen and oxygen atoms in total. The molecule has 1 aliphatic heterocycles. The number of hydrogen-bond donors (Lipinski definition) is 1. The quantitative estimate of drug-likeness (QED) is 0.712. The highest BCUT2D eigenvalue weighted by Crippen LogP contribution is 2.21. The van der Waals surface area contributed by atoms with Crippen molar-refractivity contribution in [2.24, 2.45) is 0 Å². The summed E-state index contributed by atoms with van der Waals surface area (Å²) in [7, 11) is -2.05. The highest BCUT2D eigenvalue weighted by molar-refractivity contribution is 7.92. The lowest BCUT2D eigenvalue weighted by Crippen LogP contribution is -2.34. The molecule has 0 aliphatic carbocycles. The van der Waals surface area contributed by atoms with E-state index < -0.39 is 10.0 Å². The number of nitrogens with one attached hydrogen (secondary N) is 1. The highest BCUT2D eigenvalue weighted by Gasteiger charge is 2.21. The maximum absolute atomic E-state index is 12.7. The van der Waals surface area contributed by atoms with Gasteiger partial charge < -0.3 is 14.4 Å². The molecule has 1 fully saturated rings. The molecule has 2 aromatic rings. The van der Waals surface area contributed by atoms with Crippen LogP contribution in [0, 0.1) is 0 Å². The van der Waals surface area contributed by atoms with Gasteiger partial charge >= 0.3 is 0 Å². The van der Waals surface area contributed by atoms with E-state index >= 15 is 0 Å². The van der Waals surface area contributed by atoms with Crippen molar-refractivity contribution in [2.45, 2.75) is 30.8 Å². The summed E-state index contributed by atoms with van der Waals surface area (Å²) in [5.74, 6) is 0.427. The van der Waals surface area contributed by atoms with Gasteiger partial charge in [0.05, 0.1) is 17.6 Å². The summed E-state index contributed by atoms with van der Waals surface area (Å²) >= 11 is 0. The molecule has 1 N–H and O–H groups in total. The molecule has 1 aliphatic rings. The van der Waals surface area contributed by atoms with Gasteiger partial charge in [0.2, 0.25) is 0 Å². The Morgan fingerprint density at radius 1 is 1.24 bits per heavy atom. The first-order valence-electron chi connectivity index (χ1n) is 9.62. The predicted octanol–water partition coefficient (Wildman–Crippen LogP) is 3.14. The third kappa shape index (κ3) is 5.48. The number of likely N-dealkylation sites (N-methyl/N-ethyl adjacent to an activating group) is 1. The van der Waals surface area contributed by atoms with Crippen molar-refractivity contribution in [2.75, 3.05) is 31.5 Å². The van der Waals surface area contributed by atoms with Crippen LogP contribution in [-0.2, 0) is 14.8 Å². The van der Waals surface area contributed by atoms with E-state index in [0.717, 1.165) is 19.4 Å². The molecule has 1 unspecified atom stereocenters. The first-order valence-corrected chi connectivity index (χ1v) is 11.1. The summed E-state index contributed by atoms with van der Waals surface area (Å²) in [6, 6.07) is 12.7. The number of rotatable bonds is 8. The highest BCUT2D eigenvalue weighted by atomic mass is 32.2. The summed E-state index contributed by atoms with van der Waals surface area (Å²) in [5, 5.41) is 0.